The highest BCUT2D eigenvalue weighted by molar-refractivity contribution is 5.95. The van der Waals surface area contributed by atoms with Gasteiger partial charge in [0.25, 0.3) is 5.91 Å². The molecule has 1 amide bonds. The fourth-order valence-corrected chi connectivity index (χ4v) is 3.54. The van der Waals surface area contributed by atoms with E-state index in [1.807, 2.05) is 23.6 Å². The number of nitrogens with zero attached hydrogens (tertiary/aromatic N) is 6. The SMILES string of the molecule is Cc1c(C(=O)N2CCN(C)[C@H](c3nc(C4CC4)no3)C2)cnn1C(C)C. The van der Waals surface area contributed by atoms with Gasteiger partial charge < -0.3 is 9.42 Å². The number of likely N-dealkylation sites (N-methyl/N-ethyl adjacent to an activating group) is 1. The van der Waals surface area contributed by atoms with Gasteiger partial charge in [-0.1, -0.05) is 5.16 Å². The highest BCUT2D eigenvalue weighted by atomic mass is 16.5. The monoisotopic (exact) mass is 358 g/mol. The number of piperazine rings is 1. The van der Waals surface area contributed by atoms with E-state index in [1.165, 1.54) is 0 Å². The summed E-state index contributed by atoms with van der Waals surface area (Å²) in [5.41, 5.74) is 1.58. The number of rotatable bonds is 4. The van der Waals surface area contributed by atoms with Crippen LogP contribution in [0.5, 0.6) is 0 Å². The number of hydrogen-bond donors (Lipinski definition) is 0. The molecule has 8 nitrogen and oxygen atoms in total. The van der Waals surface area contributed by atoms with Gasteiger partial charge >= 0.3 is 0 Å². The van der Waals surface area contributed by atoms with Crippen molar-refractivity contribution in [3.63, 3.8) is 0 Å². The second-order valence-electron chi connectivity index (χ2n) is 7.69. The van der Waals surface area contributed by atoms with E-state index < -0.39 is 0 Å². The highest BCUT2D eigenvalue weighted by Gasteiger charge is 2.35. The molecule has 0 radical (unpaired) electrons. The first-order valence-corrected chi connectivity index (χ1v) is 9.32. The summed E-state index contributed by atoms with van der Waals surface area (Å²) in [4.78, 5) is 21.7. The lowest BCUT2D eigenvalue weighted by molar-refractivity contribution is 0.0488. The lowest BCUT2D eigenvalue weighted by Gasteiger charge is -2.37. The van der Waals surface area contributed by atoms with Crippen LogP contribution in [0.2, 0.25) is 0 Å². The molecule has 1 aliphatic carbocycles. The summed E-state index contributed by atoms with van der Waals surface area (Å²) < 4.78 is 7.40. The molecule has 2 aromatic heterocycles. The number of carbonyl (C=O) groups is 1. The fraction of sp³-hybridized carbons (Fsp3) is 0.667. The lowest BCUT2D eigenvalue weighted by Crippen LogP contribution is -2.49. The molecule has 0 unspecified atom stereocenters. The molecule has 2 aliphatic rings. The summed E-state index contributed by atoms with van der Waals surface area (Å²) in [7, 11) is 2.04. The van der Waals surface area contributed by atoms with Gasteiger partial charge in [-0.3, -0.25) is 14.4 Å². The van der Waals surface area contributed by atoms with E-state index in [9.17, 15) is 4.79 Å². The second kappa shape index (κ2) is 6.50. The van der Waals surface area contributed by atoms with Gasteiger partial charge in [0, 0.05) is 37.3 Å². The minimum absolute atomic E-state index is 0.0226. The normalized spacial score (nSPS) is 21.6. The van der Waals surface area contributed by atoms with Crippen LogP contribution in [0.3, 0.4) is 0 Å². The van der Waals surface area contributed by atoms with Crippen LogP contribution in [0.1, 0.15) is 72.5 Å². The summed E-state index contributed by atoms with van der Waals surface area (Å²) in [6.07, 6.45) is 3.97. The van der Waals surface area contributed by atoms with Gasteiger partial charge in [-0.25, -0.2) is 0 Å². The number of carbonyl (C=O) groups excluding carboxylic acids is 1. The van der Waals surface area contributed by atoms with Crippen LogP contribution in [0.25, 0.3) is 0 Å². The topological polar surface area (TPSA) is 80.3 Å². The summed E-state index contributed by atoms with van der Waals surface area (Å²) in [6, 6.07) is 0.171. The zero-order chi connectivity index (χ0) is 18.4. The molecule has 0 aromatic carbocycles. The number of amides is 1. The molecule has 140 valence electrons. The summed E-state index contributed by atoms with van der Waals surface area (Å²) >= 11 is 0. The van der Waals surface area contributed by atoms with E-state index >= 15 is 0 Å². The van der Waals surface area contributed by atoms with Gasteiger partial charge in [-0.05, 0) is 40.7 Å². The molecule has 0 N–H and O–H groups in total. The average Bonchev–Trinajstić information content (AvgIpc) is 3.21. The van der Waals surface area contributed by atoms with E-state index in [0.29, 0.717) is 30.5 Å². The van der Waals surface area contributed by atoms with Crippen LogP contribution < -0.4 is 0 Å². The molecule has 0 spiro atoms. The van der Waals surface area contributed by atoms with Gasteiger partial charge in [0.1, 0.15) is 6.04 Å². The first-order valence-electron chi connectivity index (χ1n) is 9.32. The largest absolute Gasteiger partial charge is 0.338 e. The van der Waals surface area contributed by atoms with Gasteiger partial charge in [0.15, 0.2) is 5.82 Å². The van der Waals surface area contributed by atoms with Crippen molar-refractivity contribution in [2.24, 2.45) is 0 Å². The van der Waals surface area contributed by atoms with Crippen molar-refractivity contribution < 1.29 is 9.32 Å². The van der Waals surface area contributed by atoms with Crippen LogP contribution in [0.4, 0.5) is 0 Å². The molecule has 0 bridgehead atoms. The lowest BCUT2D eigenvalue weighted by atomic mass is 10.1. The van der Waals surface area contributed by atoms with Crippen molar-refractivity contribution in [2.75, 3.05) is 26.7 Å². The zero-order valence-electron chi connectivity index (χ0n) is 15.8. The van der Waals surface area contributed by atoms with Gasteiger partial charge in [0.05, 0.1) is 11.8 Å². The Hall–Kier alpha value is -2.22. The molecule has 4 rings (SSSR count). The molecule has 2 aromatic rings. The smallest absolute Gasteiger partial charge is 0.257 e. The third-order valence-electron chi connectivity index (χ3n) is 5.38. The zero-order valence-corrected chi connectivity index (χ0v) is 15.8. The van der Waals surface area contributed by atoms with Crippen molar-refractivity contribution >= 4 is 5.91 Å². The molecule has 1 saturated heterocycles. The second-order valence-corrected chi connectivity index (χ2v) is 7.69. The van der Waals surface area contributed by atoms with E-state index in [4.69, 9.17) is 4.52 Å². The van der Waals surface area contributed by atoms with Crippen molar-refractivity contribution in [3.05, 3.63) is 29.2 Å². The number of hydrogen-bond acceptors (Lipinski definition) is 6. The molecule has 1 aliphatic heterocycles. The van der Waals surface area contributed by atoms with Crippen LogP contribution in [0, 0.1) is 6.92 Å². The van der Waals surface area contributed by atoms with Gasteiger partial charge in [0.2, 0.25) is 5.89 Å². The molecular weight excluding hydrogens is 332 g/mol. The van der Waals surface area contributed by atoms with Crippen LogP contribution in [-0.2, 0) is 0 Å². The Labute approximate surface area is 153 Å². The molecule has 1 atom stereocenters. The minimum atomic E-state index is -0.0619. The molecule has 1 saturated carbocycles. The third kappa shape index (κ3) is 3.02. The first kappa shape index (κ1) is 17.2. The molecular formula is C18H26N6O2. The van der Waals surface area contributed by atoms with Crippen LogP contribution in [0.15, 0.2) is 10.7 Å². The van der Waals surface area contributed by atoms with E-state index in [-0.39, 0.29) is 18.0 Å². The molecule has 2 fully saturated rings. The first-order chi connectivity index (χ1) is 12.5. The number of aromatic nitrogens is 4. The third-order valence-corrected chi connectivity index (χ3v) is 5.38. The van der Waals surface area contributed by atoms with Crippen molar-refractivity contribution in [2.45, 2.75) is 51.6 Å². The van der Waals surface area contributed by atoms with E-state index in [0.717, 1.165) is 30.9 Å². The van der Waals surface area contributed by atoms with Gasteiger partial charge in [-0.2, -0.15) is 10.1 Å². The highest BCUT2D eigenvalue weighted by Crippen LogP contribution is 2.39. The van der Waals surface area contributed by atoms with E-state index in [2.05, 4.69) is 34.0 Å². The molecule has 3 heterocycles. The predicted molar refractivity (Wildman–Crippen MR) is 94.9 cm³/mol. The molecule has 26 heavy (non-hydrogen) atoms. The Balaban J connectivity index is 1.52. The van der Waals surface area contributed by atoms with Crippen molar-refractivity contribution in [1.29, 1.82) is 0 Å². The quantitative estimate of drug-likeness (QED) is 0.833. The minimum Gasteiger partial charge on any atom is -0.338 e. The summed E-state index contributed by atoms with van der Waals surface area (Å²) in [5.74, 6) is 1.91. The summed E-state index contributed by atoms with van der Waals surface area (Å²) in [5, 5.41) is 8.49. The summed E-state index contributed by atoms with van der Waals surface area (Å²) in [6.45, 7) is 8.08. The van der Waals surface area contributed by atoms with Crippen LogP contribution in [-0.4, -0.2) is 62.3 Å². The Bertz CT molecular complexity index is 806. The standard InChI is InChI=1S/C18H26N6O2/c1-11(2)24-12(3)14(9-19-24)18(25)23-8-7-22(4)15(10-23)17-20-16(21-26-17)13-5-6-13/h9,11,13,15H,5-8,10H2,1-4H3/t15-/m0/s1. The Morgan fingerprint density at radius 3 is 2.73 bits per heavy atom. The van der Waals surface area contributed by atoms with Crippen molar-refractivity contribution in [3.8, 4) is 0 Å². The maximum Gasteiger partial charge on any atom is 0.257 e. The Morgan fingerprint density at radius 1 is 1.31 bits per heavy atom. The van der Waals surface area contributed by atoms with Gasteiger partial charge in [-0.15, -0.1) is 0 Å². The average molecular weight is 358 g/mol. The molecule has 8 heteroatoms. The van der Waals surface area contributed by atoms with Crippen LogP contribution >= 0.6 is 0 Å². The fourth-order valence-electron chi connectivity index (χ4n) is 3.54. The van der Waals surface area contributed by atoms with Crippen molar-refractivity contribution in [1.82, 2.24) is 29.7 Å². The maximum absolute atomic E-state index is 13.1. The predicted octanol–water partition coefficient (Wildman–Crippen LogP) is 2.16. The van der Waals surface area contributed by atoms with E-state index in [1.54, 1.807) is 6.20 Å². The Morgan fingerprint density at radius 2 is 2.08 bits per heavy atom. The maximum atomic E-state index is 13.1. The Kier molecular flexibility index (Phi) is 4.30.